The van der Waals surface area contributed by atoms with Gasteiger partial charge in [-0.15, -0.1) is 0 Å². The number of hydrogen-bond acceptors (Lipinski definition) is 1. The van der Waals surface area contributed by atoms with Crippen LogP contribution in [-0.4, -0.2) is 9.55 Å². The summed E-state index contributed by atoms with van der Waals surface area (Å²) in [6.45, 7) is 0. The van der Waals surface area contributed by atoms with Gasteiger partial charge in [0.25, 0.3) is 0 Å². The fraction of sp³-hybridized carbons (Fsp3) is 0. The lowest BCUT2D eigenvalue weighted by Crippen LogP contribution is -1.98. The molecule has 0 spiro atoms. The topological polar surface area (TPSA) is 20.7 Å². The van der Waals surface area contributed by atoms with Gasteiger partial charge in [0, 0.05) is 11.1 Å². The van der Waals surface area contributed by atoms with Crippen LogP contribution in [0.4, 0.5) is 8.78 Å². The van der Waals surface area contributed by atoms with Crippen molar-refractivity contribution in [3.8, 4) is 5.69 Å². The number of aromatic nitrogens is 2. The molecule has 0 bridgehead atoms. The van der Waals surface area contributed by atoms with Crippen LogP contribution < -0.4 is 0 Å². The Hall–Kier alpha value is -0.990. The SMILES string of the molecule is Fc1cc2c(cc1I)[nH]c(=S)n2-c1ccc(Cl)cc1F. The number of nitrogens with zero attached hydrogens (tertiary/aromatic N) is 1. The normalized spacial score (nSPS) is 11.2. The molecule has 0 saturated heterocycles. The van der Waals surface area contributed by atoms with Crippen LogP contribution >= 0.6 is 46.4 Å². The summed E-state index contributed by atoms with van der Waals surface area (Å²) in [5.74, 6) is -0.899. The van der Waals surface area contributed by atoms with Crippen LogP contribution in [0, 0.1) is 20.0 Å². The quantitative estimate of drug-likeness (QED) is 0.421. The second-order valence-electron chi connectivity index (χ2n) is 4.14. The predicted molar refractivity (Wildman–Crippen MR) is 86.1 cm³/mol. The van der Waals surface area contributed by atoms with Crippen molar-refractivity contribution < 1.29 is 8.78 Å². The molecule has 0 radical (unpaired) electrons. The lowest BCUT2D eigenvalue weighted by atomic mass is 10.2. The van der Waals surface area contributed by atoms with E-state index in [1.807, 2.05) is 22.6 Å². The minimum absolute atomic E-state index is 0.228. The van der Waals surface area contributed by atoms with Gasteiger partial charge in [0.1, 0.15) is 11.6 Å². The van der Waals surface area contributed by atoms with Crippen LogP contribution in [0.5, 0.6) is 0 Å². The Morgan fingerprint density at radius 2 is 1.90 bits per heavy atom. The van der Waals surface area contributed by atoms with Gasteiger partial charge in [-0.25, -0.2) is 8.78 Å². The molecule has 0 amide bonds. The highest BCUT2D eigenvalue weighted by atomic mass is 127. The summed E-state index contributed by atoms with van der Waals surface area (Å²) in [6.07, 6.45) is 0. The molecule has 0 atom stereocenters. The van der Waals surface area contributed by atoms with Crippen LogP contribution in [0.3, 0.4) is 0 Å². The van der Waals surface area contributed by atoms with E-state index >= 15 is 0 Å². The zero-order valence-electron chi connectivity index (χ0n) is 9.75. The monoisotopic (exact) mass is 422 g/mol. The number of aromatic amines is 1. The summed E-state index contributed by atoms with van der Waals surface area (Å²) in [7, 11) is 0. The van der Waals surface area contributed by atoms with E-state index in [1.165, 1.54) is 22.8 Å². The van der Waals surface area contributed by atoms with Gasteiger partial charge < -0.3 is 4.98 Å². The van der Waals surface area contributed by atoms with Crippen molar-refractivity contribution in [1.82, 2.24) is 9.55 Å². The van der Waals surface area contributed by atoms with E-state index < -0.39 is 5.82 Å². The van der Waals surface area contributed by atoms with Crippen LogP contribution in [0.15, 0.2) is 30.3 Å². The summed E-state index contributed by atoms with van der Waals surface area (Å²) in [5.41, 5.74) is 1.36. The first kappa shape index (κ1) is 14.0. The largest absolute Gasteiger partial charge is 0.330 e. The molecule has 1 heterocycles. The average Bonchev–Trinajstić information content (AvgIpc) is 2.66. The molecular formula is C13H6ClF2IN2S. The lowest BCUT2D eigenvalue weighted by molar-refractivity contribution is 0.616. The van der Waals surface area contributed by atoms with E-state index in [1.54, 1.807) is 12.1 Å². The molecule has 20 heavy (non-hydrogen) atoms. The van der Waals surface area contributed by atoms with Gasteiger partial charge in [0.05, 0.1) is 20.3 Å². The molecule has 2 aromatic carbocycles. The Bertz CT molecular complexity index is 888. The van der Waals surface area contributed by atoms with Gasteiger partial charge in [-0.05, 0) is 59.1 Å². The molecule has 1 N–H and O–H groups in total. The second-order valence-corrected chi connectivity index (χ2v) is 6.13. The Labute approximate surface area is 136 Å². The van der Waals surface area contributed by atoms with Crippen molar-refractivity contribution in [3.05, 3.63) is 55.3 Å². The maximum Gasteiger partial charge on any atom is 0.182 e. The molecule has 1 aromatic heterocycles. The Morgan fingerprint density at radius 3 is 2.60 bits per heavy atom. The fourth-order valence-electron chi connectivity index (χ4n) is 2.00. The standard InChI is InChI=1S/C13H6ClF2IN2S/c14-6-1-2-11(8(16)3-6)19-12-4-7(15)9(17)5-10(12)18-13(19)20/h1-5H,(H,18,20). The van der Waals surface area contributed by atoms with Crippen molar-refractivity contribution in [3.63, 3.8) is 0 Å². The third-order valence-corrected chi connectivity index (χ3v) is 4.22. The number of hydrogen-bond donors (Lipinski definition) is 1. The van der Waals surface area contributed by atoms with Crippen molar-refractivity contribution in [2.45, 2.75) is 0 Å². The van der Waals surface area contributed by atoms with E-state index in [0.29, 0.717) is 24.4 Å². The average molecular weight is 423 g/mol. The highest BCUT2D eigenvalue weighted by molar-refractivity contribution is 14.1. The number of benzene rings is 2. The summed E-state index contributed by atoms with van der Waals surface area (Å²) in [6, 6.07) is 7.23. The fourth-order valence-corrected chi connectivity index (χ4v) is 2.94. The molecule has 0 aliphatic carbocycles. The minimum Gasteiger partial charge on any atom is -0.330 e. The zero-order valence-corrected chi connectivity index (χ0v) is 13.5. The summed E-state index contributed by atoms with van der Waals surface area (Å²) >= 11 is 12.8. The van der Waals surface area contributed by atoms with E-state index in [-0.39, 0.29) is 11.5 Å². The maximum absolute atomic E-state index is 14.0. The molecule has 0 unspecified atom stereocenters. The smallest absolute Gasteiger partial charge is 0.182 e. The van der Waals surface area contributed by atoms with Gasteiger partial charge in [0.15, 0.2) is 4.77 Å². The Balaban J connectivity index is 2.39. The molecule has 102 valence electrons. The number of fused-ring (bicyclic) bond motifs is 1. The third-order valence-electron chi connectivity index (χ3n) is 2.87. The summed E-state index contributed by atoms with van der Waals surface area (Å²) in [5, 5.41) is 0.290. The van der Waals surface area contributed by atoms with Crippen LogP contribution in [-0.2, 0) is 0 Å². The molecule has 7 heteroatoms. The number of imidazole rings is 1. The molecule has 3 aromatic rings. The Morgan fingerprint density at radius 1 is 1.15 bits per heavy atom. The lowest BCUT2D eigenvalue weighted by Gasteiger charge is -2.06. The second kappa shape index (κ2) is 5.09. The van der Waals surface area contributed by atoms with Gasteiger partial charge >= 0.3 is 0 Å². The van der Waals surface area contributed by atoms with Crippen molar-refractivity contribution >= 4 is 57.4 Å². The number of rotatable bonds is 1. The Kier molecular flexibility index (Phi) is 3.55. The zero-order chi connectivity index (χ0) is 14.4. The van der Waals surface area contributed by atoms with Crippen LogP contribution in [0.1, 0.15) is 0 Å². The summed E-state index contributed by atoms with van der Waals surface area (Å²) in [4.78, 5) is 2.94. The van der Waals surface area contributed by atoms with Crippen LogP contribution in [0.25, 0.3) is 16.7 Å². The molecule has 0 fully saturated rings. The van der Waals surface area contributed by atoms with Crippen molar-refractivity contribution in [2.75, 3.05) is 0 Å². The third kappa shape index (κ3) is 2.25. The molecule has 0 aliphatic rings. The first-order valence-electron chi connectivity index (χ1n) is 5.52. The highest BCUT2D eigenvalue weighted by Gasteiger charge is 2.13. The van der Waals surface area contributed by atoms with Crippen molar-refractivity contribution in [1.29, 1.82) is 0 Å². The predicted octanol–water partition coefficient (Wildman–Crippen LogP) is 5.22. The minimum atomic E-state index is -0.520. The molecule has 0 saturated carbocycles. The number of H-pyrrole nitrogens is 1. The summed E-state index contributed by atoms with van der Waals surface area (Å²) < 4.78 is 30.0. The van der Waals surface area contributed by atoms with Crippen molar-refractivity contribution in [2.24, 2.45) is 0 Å². The first-order chi connectivity index (χ1) is 9.47. The highest BCUT2D eigenvalue weighted by Crippen LogP contribution is 2.26. The molecular weight excluding hydrogens is 417 g/mol. The van der Waals surface area contributed by atoms with E-state index in [4.69, 9.17) is 23.8 Å². The molecule has 0 aliphatic heterocycles. The molecule has 3 rings (SSSR count). The first-order valence-corrected chi connectivity index (χ1v) is 7.39. The van der Waals surface area contributed by atoms with Crippen LogP contribution in [0.2, 0.25) is 5.02 Å². The number of halogens is 4. The maximum atomic E-state index is 14.0. The van der Waals surface area contributed by atoms with Gasteiger partial charge in [0.2, 0.25) is 0 Å². The van der Waals surface area contributed by atoms with Gasteiger partial charge in [-0.1, -0.05) is 11.6 Å². The molecule has 2 nitrogen and oxygen atoms in total. The van der Waals surface area contributed by atoms with E-state index in [9.17, 15) is 8.78 Å². The van der Waals surface area contributed by atoms with Gasteiger partial charge in [-0.3, -0.25) is 4.57 Å². The number of nitrogens with one attached hydrogen (secondary N) is 1. The van der Waals surface area contributed by atoms with Gasteiger partial charge in [-0.2, -0.15) is 0 Å². The van der Waals surface area contributed by atoms with E-state index in [0.717, 1.165) is 0 Å². The van der Waals surface area contributed by atoms with E-state index in [2.05, 4.69) is 4.98 Å².